The molecule has 0 bridgehead atoms. The molecule has 25 heavy (non-hydrogen) atoms. The minimum atomic E-state index is -0.488. The highest BCUT2D eigenvalue weighted by Crippen LogP contribution is 2.34. The lowest BCUT2D eigenvalue weighted by Crippen LogP contribution is -2.09. The summed E-state index contributed by atoms with van der Waals surface area (Å²) in [5, 5.41) is 4.46. The molecule has 1 aromatic heterocycles. The molecule has 3 rings (SSSR count). The van der Waals surface area contributed by atoms with E-state index in [-0.39, 0.29) is 11.6 Å². The van der Waals surface area contributed by atoms with E-state index in [0.29, 0.717) is 27.6 Å². The summed E-state index contributed by atoms with van der Waals surface area (Å²) >= 11 is 12.1. The number of nitrogens with zero attached hydrogens (tertiary/aromatic N) is 1. The monoisotopic (exact) mass is 380 g/mol. The Hall–Kier alpha value is -2.24. The largest absolute Gasteiger partial charge is 0.461 e. The first-order chi connectivity index (χ1) is 11.9. The highest BCUT2D eigenvalue weighted by atomic mass is 35.5. The van der Waals surface area contributed by atoms with Crippen LogP contribution in [0.15, 0.2) is 36.4 Å². The van der Waals surface area contributed by atoms with Gasteiger partial charge in [-0.25, -0.2) is 9.18 Å². The van der Waals surface area contributed by atoms with E-state index in [1.54, 1.807) is 42.8 Å². The van der Waals surface area contributed by atoms with Crippen molar-refractivity contribution in [2.75, 3.05) is 11.9 Å². The number of aromatic nitrogens is 1. The van der Waals surface area contributed by atoms with Crippen LogP contribution in [0, 0.1) is 5.82 Å². The minimum Gasteiger partial charge on any atom is -0.461 e. The van der Waals surface area contributed by atoms with Gasteiger partial charge in [0, 0.05) is 23.8 Å². The van der Waals surface area contributed by atoms with E-state index in [9.17, 15) is 9.18 Å². The van der Waals surface area contributed by atoms with Gasteiger partial charge in [-0.05, 0) is 43.3 Å². The molecule has 0 atom stereocenters. The fourth-order valence-corrected chi connectivity index (χ4v) is 3.13. The Morgan fingerprint density at radius 2 is 1.96 bits per heavy atom. The van der Waals surface area contributed by atoms with E-state index >= 15 is 0 Å². The fraction of sp³-hybridized carbons (Fsp3) is 0.167. The molecular formula is C18H15Cl2FN2O2. The highest BCUT2D eigenvalue weighted by Gasteiger charge is 2.18. The summed E-state index contributed by atoms with van der Waals surface area (Å²) in [5.41, 5.74) is 2.43. The van der Waals surface area contributed by atoms with Crippen molar-refractivity contribution in [2.45, 2.75) is 6.92 Å². The lowest BCUT2D eigenvalue weighted by molar-refractivity contribution is 0.0516. The Bertz CT molecular complexity index is 969. The molecule has 130 valence electrons. The first kappa shape index (κ1) is 17.6. The number of ether oxygens (including phenoxy) is 1. The Kier molecular flexibility index (Phi) is 4.88. The van der Waals surface area contributed by atoms with Gasteiger partial charge < -0.3 is 14.6 Å². The third-order valence-electron chi connectivity index (χ3n) is 3.83. The maximum Gasteiger partial charge on any atom is 0.354 e. The molecule has 0 amide bonds. The number of rotatable bonds is 4. The molecule has 0 radical (unpaired) electrons. The van der Waals surface area contributed by atoms with Gasteiger partial charge in [-0.2, -0.15) is 0 Å². The molecular weight excluding hydrogens is 366 g/mol. The Morgan fingerprint density at radius 1 is 1.20 bits per heavy atom. The first-order valence-corrected chi connectivity index (χ1v) is 8.35. The highest BCUT2D eigenvalue weighted by molar-refractivity contribution is 6.36. The predicted molar refractivity (Wildman–Crippen MR) is 98.6 cm³/mol. The van der Waals surface area contributed by atoms with Crippen molar-refractivity contribution in [3.8, 4) is 0 Å². The number of benzene rings is 2. The number of hydrogen-bond acceptors (Lipinski definition) is 3. The van der Waals surface area contributed by atoms with Gasteiger partial charge >= 0.3 is 5.97 Å². The zero-order valence-electron chi connectivity index (χ0n) is 13.6. The minimum absolute atomic E-state index is 0.0236. The van der Waals surface area contributed by atoms with Gasteiger partial charge in [0.15, 0.2) is 0 Å². The van der Waals surface area contributed by atoms with E-state index in [2.05, 4.69) is 5.32 Å². The number of carbonyl (C=O) groups excluding carboxylic acids is 1. The van der Waals surface area contributed by atoms with Crippen molar-refractivity contribution >= 4 is 51.4 Å². The van der Waals surface area contributed by atoms with Crippen molar-refractivity contribution in [1.29, 1.82) is 0 Å². The maximum absolute atomic E-state index is 13.3. The average molecular weight is 381 g/mol. The molecule has 0 saturated carbocycles. The molecule has 0 unspecified atom stereocenters. The predicted octanol–water partition coefficient (Wildman–Crippen LogP) is 5.54. The number of anilines is 2. The Labute approximate surface area is 154 Å². The summed E-state index contributed by atoms with van der Waals surface area (Å²) in [6.45, 7) is 2.03. The van der Waals surface area contributed by atoms with Crippen molar-refractivity contribution in [3.63, 3.8) is 0 Å². The molecule has 4 nitrogen and oxygen atoms in total. The average Bonchev–Trinajstić information content (AvgIpc) is 2.92. The quantitative estimate of drug-likeness (QED) is 0.603. The topological polar surface area (TPSA) is 43.3 Å². The van der Waals surface area contributed by atoms with Crippen molar-refractivity contribution in [1.82, 2.24) is 4.57 Å². The smallest absolute Gasteiger partial charge is 0.354 e. The van der Waals surface area contributed by atoms with E-state index in [1.165, 1.54) is 12.1 Å². The van der Waals surface area contributed by atoms with Crippen LogP contribution in [-0.2, 0) is 11.8 Å². The second-order valence-electron chi connectivity index (χ2n) is 5.42. The fourth-order valence-electron chi connectivity index (χ4n) is 2.66. The third-order valence-corrected chi connectivity index (χ3v) is 4.42. The number of esters is 1. The summed E-state index contributed by atoms with van der Waals surface area (Å²) in [7, 11) is 1.75. The van der Waals surface area contributed by atoms with Crippen molar-refractivity contribution in [2.24, 2.45) is 7.05 Å². The molecule has 1 N–H and O–H groups in total. The maximum atomic E-state index is 13.3. The van der Waals surface area contributed by atoms with Crippen molar-refractivity contribution in [3.05, 3.63) is 58.0 Å². The molecule has 0 saturated heterocycles. The van der Waals surface area contributed by atoms with Crippen LogP contribution in [0.1, 0.15) is 17.4 Å². The van der Waals surface area contributed by atoms with Gasteiger partial charge in [0.25, 0.3) is 0 Å². The number of nitrogens with one attached hydrogen (secondary N) is 1. The van der Waals surface area contributed by atoms with E-state index in [4.69, 9.17) is 27.9 Å². The molecule has 1 heterocycles. The normalized spacial score (nSPS) is 10.9. The first-order valence-electron chi connectivity index (χ1n) is 7.59. The number of hydrogen-bond donors (Lipinski definition) is 1. The third kappa shape index (κ3) is 3.30. The van der Waals surface area contributed by atoms with Crippen LogP contribution >= 0.6 is 23.2 Å². The van der Waals surface area contributed by atoms with E-state index in [1.807, 2.05) is 0 Å². The Morgan fingerprint density at radius 3 is 2.64 bits per heavy atom. The molecule has 3 aromatic rings. The van der Waals surface area contributed by atoms with Crippen molar-refractivity contribution < 1.29 is 13.9 Å². The van der Waals surface area contributed by atoms with Gasteiger partial charge in [-0.3, -0.25) is 0 Å². The molecule has 0 aliphatic carbocycles. The number of carbonyl (C=O) groups is 1. The van der Waals surface area contributed by atoms with Gasteiger partial charge in [0.2, 0.25) is 0 Å². The standard InChI is InChI=1S/C18H15Cl2FN2O2/c1-3-25-18(24)16-9-11-15(7-5-12(19)17(11)23(16)2)22-10-4-6-14(21)13(20)8-10/h4-9,22H,3H2,1-2H3. The van der Waals surface area contributed by atoms with Gasteiger partial charge in [-0.15, -0.1) is 0 Å². The van der Waals surface area contributed by atoms with Crippen LogP contribution in [0.2, 0.25) is 10.0 Å². The van der Waals surface area contributed by atoms with Crippen LogP contribution in [0.5, 0.6) is 0 Å². The van der Waals surface area contributed by atoms with Gasteiger partial charge in [-0.1, -0.05) is 23.2 Å². The lowest BCUT2D eigenvalue weighted by Gasteiger charge is -2.10. The zero-order valence-corrected chi connectivity index (χ0v) is 15.1. The van der Waals surface area contributed by atoms with E-state index < -0.39 is 11.8 Å². The summed E-state index contributed by atoms with van der Waals surface area (Å²) in [6, 6.07) is 9.59. The summed E-state index contributed by atoms with van der Waals surface area (Å²) in [5.74, 6) is -0.911. The summed E-state index contributed by atoms with van der Waals surface area (Å²) in [6.07, 6.45) is 0. The van der Waals surface area contributed by atoms with Crippen LogP contribution in [-0.4, -0.2) is 17.1 Å². The molecule has 0 spiro atoms. The van der Waals surface area contributed by atoms with Crippen LogP contribution < -0.4 is 5.32 Å². The Balaban J connectivity index is 2.09. The van der Waals surface area contributed by atoms with Crippen LogP contribution in [0.4, 0.5) is 15.8 Å². The van der Waals surface area contributed by atoms with Gasteiger partial charge in [0.05, 0.1) is 22.2 Å². The van der Waals surface area contributed by atoms with Crippen LogP contribution in [0.3, 0.4) is 0 Å². The number of aryl methyl sites for hydroxylation is 1. The summed E-state index contributed by atoms with van der Waals surface area (Å²) in [4.78, 5) is 12.1. The molecule has 2 aromatic carbocycles. The molecule has 0 aliphatic heterocycles. The molecule has 0 fully saturated rings. The second-order valence-corrected chi connectivity index (χ2v) is 6.23. The summed E-state index contributed by atoms with van der Waals surface area (Å²) < 4.78 is 20.1. The number of halogens is 3. The lowest BCUT2D eigenvalue weighted by atomic mass is 10.2. The molecule has 7 heteroatoms. The molecule has 0 aliphatic rings. The zero-order chi connectivity index (χ0) is 18.1. The van der Waals surface area contributed by atoms with Gasteiger partial charge in [0.1, 0.15) is 11.5 Å². The second kappa shape index (κ2) is 6.94. The number of fused-ring (bicyclic) bond motifs is 1. The SMILES string of the molecule is CCOC(=O)c1cc2c(Nc3ccc(F)c(Cl)c3)ccc(Cl)c2n1C. The van der Waals surface area contributed by atoms with E-state index in [0.717, 1.165) is 5.39 Å². The van der Waals surface area contributed by atoms with Crippen LogP contribution in [0.25, 0.3) is 10.9 Å².